The number of fused-ring (bicyclic) bond motifs is 28. The van der Waals surface area contributed by atoms with Crippen molar-refractivity contribution >= 4 is 177 Å². The van der Waals surface area contributed by atoms with Gasteiger partial charge in [-0.15, -0.1) is 0 Å². The van der Waals surface area contributed by atoms with Crippen molar-refractivity contribution in [1.29, 1.82) is 0 Å². The zero-order valence-electron chi connectivity index (χ0n) is 76.9. The summed E-state index contributed by atoms with van der Waals surface area (Å²) in [7, 11) is 0. The van der Waals surface area contributed by atoms with Crippen LogP contribution in [0.15, 0.2) is 449 Å². The van der Waals surface area contributed by atoms with Gasteiger partial charge in [0.25, 0.3) is 13.4 Å². The summed E-state index contributed by atoms with van der Waals surface area (Å²) in [6, 6.07) is 158. The van der Waals surface area contributed by atoms with Crippen LogP contribution in [-0.4, -0.2) is 70.7 Å². The normalized spacial score (nSPS) is 12.5. The minimum absolute atomic E-state index is 0. The summed E-state index contributed by atoms with van der Waals surface area (Å²) in [5.41, 5.74) is 27.2. The molecule has 32 rings (SSSR count). The largest absolute Gasteiger partial charge is 0.458 e. The molecule has 684 valence electrons. The van der Waals surface area contributed by atoms with Gasteiger partial charge in [0.15, 0.2) is 23.3 Å². The molecule has 20 aromatic carbocycles. The molecule has 0 aliphatic carbocycles. The van der Waals surface area contributed by atoms with Crippen LogP contribution in [0.5, 0.6) is 46.0 Å². The van der Waals surface area contributed by atoms with E-state index in [1.807, 2.05) is 60.7 Å². The van der Waals surface area contributed by atoms with Gasteiger partial charge in [-0.2, -0.15) is 19.9 Å². The zero-order valence-corrected chi connectivity index (χ0v) is 76.9. The Labute approximate surface area is 837 Å². The van der Waals surface area contributed by atoms with E-state index in [4.69, 9.17) is 48.9 Å². The maximum absolute atomic E-state index is 6.80. The highest BCUT2D eigenvalue weighted by Crippen LogP contribution is 2.49. The monoisotopic (exact) mass is 1870 g/mol. The third kappa shape index (κ3) is 12.5. The highest BCUT2D eigenvalue weighted by molar-refractivity contribution is 6.99. The Morgan fingerprint density at radius 1 is 0.164 bits per heavy atom. The van der Waals surface area contributed by atoms with Crippen LogP contribution >= 0.6 is 0 Å². The Kier molecular flexibility index (Phi) is 18.6. The van der Waals surface area contributed by atoms with Crippen LogP contribution in [0.2, 0.25) is 0 Å². The summed E-state index contributed by atoms with van der Waals surface area (Å²) in [4.78, 5) is 31.7. The molecule has 4 aliphatic heterocycles. The number of hydrogen-bond acceptors (Lipinski definition) is 10. The second-order valence-corrected chi connectivity index (χ2v) is 37.4. The minimum atomic E-state index is -0.00395. The summed E-state index contributed by atoms with van der Waals surface area (Å²) in [6.45, 7) is -0.00440. The van der Waals surface area contributed by atoms with Crippen LogP contribution in [-0.2, 0) is 0 Å². The molecule has 0 atom stereocenters. The van der Waals surface area contributed by atoms with Crippen molar-refractivity contribution in [3.05, 3.63) is 449 Å². The van der Waals surface area contributed by atoms with Crippen molar-refractivity contribution in [2.24, 2.45) is 0 Å². The van der Waals surface area contributed by atoms with Gasteiger partial charge >= 0.3 is 0 Å². The molecule has 4 aliphatic rings. The van der Waals surface area contributed by atoms with Crippen molar-refractivity contribution in [2.45, 2.75) is 14.9 Å². The smallest absolute Gasteiger partial charge is 0.260 e. The SMILES string of the molecule is C.C.c1ccc(-c2nc(-c3ccc4c(c3)c3ccccc3n4-c3cc4c5c(c3)Oc3ccccc3B5c3ccccc3O4)nc(-n3c4ccccc4c4c5c6ccccc6n(-c6ccccc6)c5ccc43)n2)cc1.c1ccc(-c2nc(-c3cccc(-n4c5ccccc5c5c6c7ccccc7n(-c7cc8c9c(c7)Oc7ccccc7B9c7ccccc7O8)c6ccc54)c3)nc(-n3c4ccccc4c4ccccc43)n2)cc1. The molecule has 28 aromatic rings. The highest BCUT2D eigenvalue weighted by atomic mass is 16.5. The van der Waals surface area contributed by atoms with Crippen molar-refractivity contribution in [3.8, 4) is 126 Å². The first-order valence-electron chi connectivity index (χ1n) is 48.6. The quantitative estimate of drug-likeness (QED) is 0.121. The van der Waals surface area contributed by atoms with E-state index in [1.54, 1.807) is 0 Å². The first-order chi connectivity index (χ1) is 71.4. The molecule has 8 aromatic heterocycles. The van der Waals surface area contributed by atoms with E-state index in [0.29, 0.717) is 35.2 Å². The molecule has 0 amide bonds. The molecule has 0 bridgehead atoms. The van der Waals surface area contributed by atoms with Gasteiger partial charge in [0, 0.05) is 133 Å². The molecule has 0 saturated heterocycles. The summed E-state index contributed by atoms with van der Waals surface area (Å²) >= 11 is 0. The standard InChI is InChI=1S/2C63H37BN6O2.2CH4/c1-3-17-38(18-4-1)61-65-62(67-63(66-61)70-50-28-14-9-23-44(50)59-53(70)34-33-52-58(59)43-22-8-13-27-49(43)68(52)40-19-5-2-6-20-40)39-31-32-51-45(35-39)42-21-7-12-26-48(42)69(51)41-36-56-60-57(37-41)72-55-30-16-11-25-47(55)64(60)46-24-10-15-29-54(46)71-56;1-2-17-38(18-3-1)61-65-62(67-63(66-61)70-48-27-10-4-21-42(48)43-22-5-11-28-49(43)70)39-19-16-20-40(35-39)68-50-29-12-6-23-44(50)58-52(68)33-34-53-59(58)45-24-7-13-30-51(45)69(53)41-36-56-60-57(37-41)72-55-32-15-9-26-47(55)64(60)46-25-8-14-31-54(46)71-56;;/h2*1-37H;2*1H4. The third-order valence-electron chi connectivity index (χ3n) is 29.6. The van der Waals surface area contributed by atoms with Gasteiger partial charge in [-0.25, -0.2) is 9.97 Å². The van der Waals surface area contributed by atoms with E-state index in [2.05, 4.69) is 416 Å². The van der Waals surface area contributed by atoms with Crippen molar-refractivity contribution in [3.63, 3.8) is 0 Å². The Morgan fingerprint density at radius 3 is 0.815 bits per heavy atom. The molecular formula is C128H82B2N12O4. The Morgan fingerprint density at radius 2 is 0.418 bits per heavy atom. The average molecular weight is 1870 g/mol. The molecule has 0 N–H and O–H groups in total. The minimum Gasteiger partial charge on any atom is -0.458 e. The molecule has 0 spiro atoms. The summed E-state index contributed by atoms with van der Waals surface area (Å²) in [6.07, 6.45) is 0. The topological polar surface area (TPSA) is 144 Å². The number of aromatic nitrogens is 12. The molecule has 0 saturated carbocycles. The molecule has 0 radical (unpaired) electrons. The first kappa shape index (κ1) is 83.5. The van der Waals surface area contributed by atoms with Gasteiger partial charge < -0.3 is 37.2 Å². The predicted molar refractivity (Wildman–Crippen MR) is 596 cm³/mol. The number of ether oxygens (including phenoxy) is 4. The Hall–Kier alpha value is -19.5. The fraction of sp³-hybridized carbons (Fsp3) is 0.0156. The van der Waals surface area contributed by atoms with Crippen LogP contribution in [0.3, 0.4) is 0 Å². The summed E-state index contributed by atoms with van der Waals surface area (Å²) < 4.78 is 40.9. The van der Waals surface area contributed by atoms with E-state index in [0.717, 1.165) is 233 Å². The number of nitrogens with zero attached hydrogens (tertiary/aromatic N) is 12. The second kappa shape index (κ2) is 32.6. The second-order valence-electron chi connectivity index (χ2n) is 37.4. The summed E-state index contributed by atoms with van der Waals surface area (Å²) in [5, 5.41) is 13.8. The van der Waals surface area contributed by atoms with Gasteiger partial charge in [-0.3, -0.25) is 9.13 Å². The van der Waals surface area contributed by atoms with Gasteiger partial charge in [0.05, 0.1) is 77.6 Å². The van der Waals surface area contributed by atoms with Crippen LogP contribution < -0.4 is 51.7 Å². The van der Waals surface area contributed by atoms with Gasteiger partial charge in [0.2, 0.25) is 11.9 Å². The van der Waals surface area contributed by atoms with Crippen molar-refractivity contribution < 1.29 is 18.9 Å². The van der Waals surface area contributed by atoms with E-state index >= 15 is 0 Å². The van der Waals surface area contributed by atoms with Crippen molar-refractivity contribution in [2.75, 3.05) is 0 Å². The number of benzene rings is 20. The fourth-order valence-electron chi connectivity index (χ4n) is 23.6. The van der Waals surface area contributed by atoms with Crippen LogP contribution in [0.25, 0.3) is 211 Å². The van der Waals surface area contributed by atoms with E-state index in [9.17, 15) is 0 Å². The fourth-order valence-corrected chi connectivity index (χ4v) is 23.6. The first-order valence-corrected chi connectivity index (χ1v) is 48.6. The molecule has 18 heteroatoms. The lowest BCUT2D eigenvalue weighted by molar-refractivity contribution is 0.463. The highest BCUT2D eigenvalue weighted by Gasteiger charge is 2.43. The van der Waals surface area contributed by atoms with Crippen LogP contribution in [0, 0.1) is 0 Å². The lowest BCUT2D eigenvalue weighted by Crippen LogP contribution is -2.57. The van der Waals surface area contributed by atoms with E-state index in [1.165, 1.54) is 21.5 Å². The number of para-hydroxylation sites is 12. The van der Waals surface area contributed by atoms with Gasteiger partial charge in [-0.05, 0) is 155 Å². The zero-order chi connectivity index (χ0) is 94.0. The molecule has 0 fully saturated rings. The average Bonchev–Trinajstić information content (AvgIpc) is 1.62. The Balaban J connectivity index is 0.000000136. The van der Waals surface area contributed by atoms with Gasteiger partial charge in [0.1, 0.15) is 46.0 Å². The predicted octanol–water partition coefficient (Wildman–Crippen LogP) is 27.7. The van der Waals surface area contributed by atoms with E-state index < -0.39 is 0 Å². The third-order valence-corrected chi connectivity index (χ3v) is 29.6. The molecule has 0 unspecified atom stereocenters. The summed E-state index contributed by atoms with van der Waals surface area (Å²) in [5.74, 6) is 10.1. The maximum Gasteiger partial charge on any atom is 0.260 e. The number of rotatable bonds is 10. The van der Waals surface area contributed by atoms with Gasteiger partial charge in [-0.1, -0.05) is 306 Å². The van der Waals surface area contributed by atoms with Crippen LogP contribution in [0.1, 0.15) is 14.9 Å². The molecule has 16 nitrogen and oxygen atoms in total. The molecule has 12 heterocycles. The molecular weight excluding hydrogens is 1790 g/mol. The molecule has 146 heavy (non-hydrogen) atoms. The number of hydrogen-bond donors (Lipinski definition) is 0. The Bertz CT molecular complexity index is 10200. The van der Waals surface area contributed by atoms with Crippen molar-refractivity contribution in [1.82, 2.24) is 57.3 Å². The lowest BCUT2D eigenvalue weighted by atomic mass is 9.35. The maximum atomic E-state index is 6.80. The lowest BCUT2D eigenvalue weighted by Gasteiger charge is -2.33. The van der Waals surface area contributed by atoms with E-state index in [-0.39, 0.29) is 28.3 Å². The van der Waals surface area contributed by atoms with Crippen LogP contribution in [0.4, 0.5) is 0 Å².